The number of nitrogens with two attached hydrogens (primary N) is 1. The third-order valence-corrected chi connectivity index (χ3v) is 3.74. The molecule has 5 nitrogen and oxygen atoms in total. The van der Waals surface area contributed by atoms with Crippen LogP contribution in [0.15, 0.2) is 36.7 Å². The lowest BCUT2D eigenvalue weighted by Crippen LogP contribution is -2.46. The quantitative estimate of drug-likeness (QED) is 0.867. The Kier molecular flexibility index (Phi) is 3.96. The lowest BCUT2D eigenvalue weighted by molar-refractivity contribution is 0.246. The molecule has 0 saturated carbocycles. The van der Waals surface area contributed by atoms with E-state index in [9.17, 15) is 4.39 Å². The summed E-state index contributed by atoms with van der Waals surface area (Å²) in [5.74, 6) is 0.520. The van der Waals surface area contributed by atoms with Crippen molar-refractivity contribution in [3.8, 4) is 0 Å². The van der Waals surface area contributed by atoms with Crippen LogP contribution in [0.2, 0.25) is 0 Å². The highest BCUT2D eigenvalue weighted by Gasteiger charge is 2.20. The van der Waals surface area contributed by atoms with E-state index in [1.54, 1.807) is 30.6 Å². The van der Waals surface area contributed by atoms with Gasteiger partial charge in [0.05, 0.1) is 0 Å². The van der Waals surface area contributed by atoms with Gasteiger partial charge in [-0.05, 0) is 18.2 Å². The van der Waals surface area contributed by atoms with Crippen LogP contribution < -0.4 is 10.6 Å². The molecule has 6 heteroatoms. The van der Waals surface area contributed by atoms with E-state index in [0.717, 1.165) is 32.1 Å². The van der Waals surface area contributed by atoms with Crippen LogP contribution in [0, 0.1) is 5.82 Å². The van der Waals surface area contributed by atoms with Gasteiger partial charge >= 0.3 is 0 Å². The Labute approximate surface area is 123 Å². The van der Waals surface area contributed by atoms with Crippen LogP contribution in [0.4, 0.5) is 16.0 Å². The van der Waals surface area contributed by atoms with E-state index in [1.165, 1.54) is 6.07 Å². The van der Waals surface area contributed by atoms with E-state index < -0.39 is 0 Å². The molecule has 1 fully saturated rings. The van der Waals surface area contributed by atoms with Crippen LogP contribution in [-0.4, -0.2) is 41.0 Å². The van der Waals surface area contributed by atoms with Crippen molar-refractivity contribution in [2.24, 2.45) is 0 Å². The second-order valence-corrected chi connectivity index (χ2v) is 5.12. The van der Waals surface area contributed by atoms with Gasteiger partial charge in [-0.15, -0.1) is 0 Å². The Morgan fingerprint density at radius 3 is 2.43 bits per heavy atom. The summed E-state index contributed by atoms with van der Waals surface area (Å²) in [5.41, 5.74) is 6.96. The molecule has 0 aliphatic carbocycles. The molecule has 110 valence electrons. The Morgan fingerprint density at radius 2 is 1.76 bits per heavy atom. The standard InChI is InChI=1S/C15H18FN5/c16-13-3-1-4-14(17)12(13)11-20-7-9-21(10-8-20)15-18-5-2-6-19-15/h1-6H,7-11,17H2. The van der Waals surface area contributed by atoms with Crippen molar-refractivity contribution >= 4 is 11.6 Å². The Bertz CT molecular complexity index is 576. The van der Waals surface area contributed by atoms with Crippen molar-refractivity contribution < 1.29 is 4.39 Å². The molecule has 0 radical (unpaired) electrons. The SMILES string of the molecule is Nc1cccc(F)c1CN1CCN(c2ncccn2)CC1. The van der Waals surface area contributed by atoms with Crippen LogP contribution in [-0.2, 0) is 6.54 Å². The Morgan fingerprint density at radius 1 is 1.05 bits per heavy atom. The Balaban J connectivity index is 1.62. The largest absolute Gasteiger partial charge is 0.398 e. The number of halogens is 1. The third kappa shape index (κ3) is 3.11. The van der Waals surface area contributed by atoms with Crippen LogP contribution in [0.25, 0.3) is 0 Å². The average Bonchev–Trinajstić information content (AvgIpc) is 2.53. The number of hydrogen-bond acceptors (Lipinski definition) is 5. The number of nitrogen functional groups attached to an aromatic ring is 1. The fourth-order valence-corrected chi connectivity index (χ4v) is 2.53. The Hall–Kier alpha value is -2.21. The molecule has 2 aromatic rings. The second kappa shape index (κ2) is 6.05. The molecule has 2 heterocycles. The molecule has 1 aliphatic rings. The molecule has 2 N–H and O–H groups in total. The van der Waals surface area contributed by atoms with Crippen molar-refractivity contribution in [2.75, 3.05) is 36.8 Å². The van der Waals surface area contributed by atoms with Gasteiger partial charge in [0.25, 0.3) is 0 Å². The summed E-state index contributed by atoms with van der Waals surface area (Å²) < 4.78 is 13.8. The van der Waals surface area contributed by atoms with E-state index in [0.29, 0.717) is 17.8 Å². The summed E-state index contributed by atoms with van der Waals surface area (Å²) >= 11 is 0. The summed E-state index contributed by atoms with van der Waals surface area (Å²) in [5, 5.41) is 0. The van der Waals surface area contributed by atoms with Crippen LogP contribution >= 0.6 is 0 Å². The van der Waals surface area contributed by atoms with Crippen molar-refractivity contribution in [1.82, 2.24) is 14.9 Å². The monoisotopic (exact) mass is 287 g/mol. The molecule has 0 amide bonds. The lowest BCUT2D eigenvalue weighted by Gasteiger charge is -2.34. The zero-order chi connectivity index (χ0) is 14.7. The van der Waals surface area contributed by atoms with Crippen molar-refractivity contribution in [3.05, 3.63) is 48.0 Å². The maximum absolute atomic E-state index is 13.8. The normalized spacial score (nSPS) is 16.1. The predicted molar refractivity (Wildman–Crippen MR) is 80.3 cm³/mol. The molecule has 0 bridgehead atoms. The van der Waals surface area contributed by atoms with E-state index in [1.807, 2.05) is 0 Å². The first-order chi connectivity index (χ1) is 10.2. The maximum Gasteiger partial charge on any atom is 0.225 e. The molecule has 1 saturated heterocycles. The van der Waals surface area contributed by atoms with Crippen LogP contribution in [0.3, 0.4) is 0 Å². The topological polar surface area (TPSA) is 58.3 Å². The minimum Gasteiger partial charge on any atom is -0.398 e. The molecule has 0 spiro atoms. The zero-order valence-corrected chi connectivity index (χ0v) is 11.7. The molecule has 1 aromatic carbocycles. The summed E-state index contributed by atoms with van der Waals surface area (Å²) in [4.78, 5) is 12.9. The number of rotatable bonds is 3. The summed E-state index contributed by atoms with van der Waals surface area (Å²) in [7, 11) is 0. The van der Waals surface area contributed by atoms with Gasteiger partial charge in [0.2, 0.25) is 5.95 Å². The van der Waals surface area contributed by atoms with E-state index in [4.69, 9.17) is 5.73 Å². The zero-order valence-electron chi connectivity index (χ0n) is 11.7. The van der Waals surface area contributed by atoms with E-state index in [2.05, 4.69) is 19.8 Å². The lowest BCUT2D eigenvalue weighted by atomic mass is 10.1. The highest BCUT2D eigenvalue weighted by atomic mass is 19.1. The van der Waals surface area contributed by atoms with Crippen molar-refractivity contribution in [2.45, 2.75) is 6.54 Å². The van der Waals surface area contributed by atoms with E-state index in [-0.39, 0.29) is 5.82 Å². The predicted octanol–water partition coefficient (Wildman–Crippen LogP) is 1.52. The average molecular weight is 287 g/mol. The third-order valence-electron chi connectivity index (χ3n) is 3.74. The molecule has 1 aliphatic heterocycles. The van der Waals surface area contributed by atoms with E-state index >= 15 is 0 Å². The van der Waals surface area contributed by atoms with Gasteiger partial charge in [0.1, 0.15) is 5.82 Å². The molecular formula is C15H18FN5. The van der Waals surface area contributed by atoms with Gasteiger partial charge in [0, 0.05) is 56.4 Å². The number of hydrogen-bond donors (Lipinski definition) is 1. The van der Waals surface area contributed by atoms with Gasteiger partial charge in [0.15, 0.2) is 0 Å². The first-order valence-corrected chi connectivity index (χ1v) is 7.01. The van der Waals surface area contributed by atoms with Crippen LogP contribution in [0.5, 0.6) is 0 Å². The molecule has 21 heavy (non-hydrogen) atoms. The second-order valence-electron chi connectivity index (χ2n) is 5.12. The highest BCUT2D eigenvalue weighted by molar-refractivity contribution is 5.47. The molecule has 3 rings (SSSR count). The molecule has 1 aromatic heterocycles. The highest BCUT2D eigenvalue weighted by Crippen LogP contribution is 2.19. The van der Waals surface area contributed by atoms with Gasteiger partial charge < -0.3 is 10.6 Å². The first-order valence-electron chi connectivity index (χ1n) is 7.01. The van der Waals surface area contributed by atoms with Gasteiger partial charge in [-0.25, -0.2) is 14.4 Å². The number of benzene rings is 1. The number of nitrogens with zero attached hydrogens (tertiary/aromatic N) is 4. The van der Waals surface area contributed by atoms with Gasteiger partial charge in [-0.2, -0.15) is 0 Å². The van der Waals surface area contributed by atoms with Crippen molar-refractivity contribution in [1.29, 1.82) is 0 Å². The van der Waals surface area contributed by atoms with Crippen LogP contribution in [0.1, 0.15) is 5.56 Å². The van der Waals surface area contributed by atoms with Gasteiger partial charge in [-0.3, -0.25) is 4.90 Å². The number of anilines is 2. The number of aromatic nitrogens is 2. The fourth-order valence-electron chi connectivity index (χ4n) is 2.53. The minimum atomic E-state index is -0.233. The summed E-state index contributed by atoms with van der Waals surface area (Å²) in [6.45, 7) is 3.89. The summed E-state index contributed by atoms with van der Waals surface area (Å²) in [6, 6.07) is 6.64. The maximum atomic E-state index is 13.8. The summed E-state index contributed by atoms with van der Waals surface area (Å²) in [6.07, 6.45) is 3.49. The first kappa shape index (κ1) is 13.8. The molecular weight excluding hydrogens is 269 g/mol. The number of piperazine rings is 1. The molecule has 0 atom stereocenters. The smallest absolute Gasteiger partial charge is 0.225 e. The fraction of sp³-hybridized carbons (Fsp3) is 0.333. The van der Waals surface area contributed by atoms with Crippen molar-refractivity contribution in [3.63, 3.8) is 0 Å². The molecule has 0 unspecified atom stereocenters. The van der Waals surface area contributed by atoms with Gasteiger partial charge in [-0.1, -0.05) is 6.07 Å². The minimum absolute atomic E-state index is 0.233.